The van der Waals surface area contributed by atoms with Gasteiger partial charge in [-0.05, 0) is 60.2 Å². The highest BCUT2D eigenvalue weighted by Gasteiger charge is 2.14. The Morgan fingerprint density at radius 2 is 1.74 bits per heavy atom. The van der Waals surface area contributed by atoms with Crippen molar-refractivity contribution in [3.05, 3.63) is 66.7 Å². The van der Waals surface area contributed by atoms with Crippen LogP contribution in [-0.4, -0.2) is 33.9 Å². The second kappa shape index (κ2) is 9.37. The highest BCUT2D eigenvalue weighted by Crippen LogP contribution is 2.34. The molecule has 0 saturated heterocycles. The van der Waals surface area contributed by atoms with Crippen molar-refractivity contribution in [2.45, 2.75) is 24.3 Å². The summed E-state index contributed by atoms with van der Waals surface area (Å²) in [5.74, 6) is 1.35. The summed E-state index contributed by atoms with van der Waals surface area (Å²) in [5, 5.41) is 14.9. The zero-order valence-corrected chi connectivity index (χ0v) is 18.5. The quantitative estimate of drug-likeness (QED) is 0.334. The minimum Gasteiger partial charge on any atom is -0.507 e. The number of benzene rings is 3. The second-order valence-electron chi connectivity index (χ2n) is 7.42. The van der Waals surface area contributed by atoms with Gasteiger partial charge in [0, 0.05) is 22.9 Å². The molecule has 31 heavy (non-hydrogen) atoms. The average molecular weight is 431 g/mol. The minimum atomic E-state index is 0.0400. The Morgan fingerprint density at radius 3 is 2.48 bits per heavy atom. The van der Waals surface area contributed by atoms with Crippen molar-refractivity contribution >= 4 is 28.5 Å². The Bertz CT molecular complexity index is 1190. The summed E-state index contributed by atoms with van der Waals surface area (Å²) < 4.78 is 0. The number of hydrogen-bond donors (Lipinski definition) is 3. The lowest BCUT2D eigenvalue weighted by Crippen LogP contribution is -2.28. The average Bonchev–Trinajstić information content (AvgIpc) is 2.82. The van der Waals surface area contributed by atoms with E-state index in [-0.39, 0.29) is 11.8 Å². The molecule has 0 aliphatic rings. The first-order valence-corrected chi connectivity index (χ1v) is 11.6. The van der Waals surface area contributed by atoms with Gasteiger partial charge >= 0.3 is 0 Å². The zero-order chi connectivity index (χ0) is 21.8. The van der Waals surface area contributed by atoms with Crippen molar-refractivity contribution in [2.24, 2.45) is 5.73 Å². The van der Waals surface area contributed by atoms with Crippen molar-refractivity contribution < 1.29 is 5.11 Å². The monoisotopic (exact) mass is 430 g/mol. The Hall–Kier alpha value is -3.09. The van der Waals surface area contributed by atoms with Gasteiger partial charge in [0.1, 0.15) is 11.6 Å². The van der Waals surface area contributed by atoms with E-state index in [1.54, 1.807) is 17.8 Å². The molecule has 4 aromatic rings. The van der Waals surface area contributed by atoms with Crippen LogP contribution in [0.2, 0.25) is 0 Å². The summed E-state index contributed by atoms with van der Waals surface area (Å²) >= 11 is 1.71. The maximum atomic E-state index is 10.6. The fourth-order valence-electron chi connectivity index (χ4n) is 3.38. The van der Waals surface area contributed by atoms with Crippen LogP contribution in [0, 0.1) is 0 Å². The molecule has 0 aliphatic carbocycles. The Morgan fingerprint density at radius 1 is 1.00 bits per heavy atom. The third-order valence-corrected chi connectivity index (χ3v) is 6.06. The molecular formula is C25H26N4OS. The molecule has 158 valence electrons. The van der Waals surface area contributed by atoms with E-state index in [0.717, 1.165) is 34.3 Å². The van der Waals surface area contributed by atoms with E-state index >= 15 is 0 Å². The van der Waals surface area contributed by atoms with Crippen LogP contribution in [0.25, 0.3) is 33.4 Å². The number of aromatic hydroxyl groups is 1. The van der Waals surface area contributed by atoms with Crippen LogP contribution in [0.5, 0.6) is 5.75 Å². The van der Waals surface area contributed by atoms with Crippen molar-refractivity contribution in [1.29, 1.82) is 0 Å². The van der Waals surface area contributed by atoms with Gasteiger partial charge in [-0.3, -0.25) is 0 Å². The first-order valence-electron chi connectivity index (χ1n) is 10.3. The maximum absolute atomic E-state index is 10.6. The zero-order valence-electron chi connectivity index (χ0n) is 17.7. The summed E-state index contributed by atoms with van der Waals surface area (Å²) in [6.07, 6.45) is 2.94. The number of aromatic nitrogens is 2. The number of nitrogens with one attached hydrogen (secondary N) is 1. The summed E-state index contributed by atoms with van der Waals surface area (Å²) in [6, 6.07) is 21.8. The third-order valence-electron chi connectivity index (χ3n) is 5.32. The number of phenols is 1. The Kier molecular flexibility index (Phi) is 6.39. The highest BCUT2D eigenvalue weighted by atomic mass is 32.2. The number of rotatable bonds is 7. The van der Waals surface area contributed by atoms with E-state index < -0.39 is 0 Å². The number of nitrogens with two attached hydrogens (primary N) is 1. The lowest BCUT2D eigenvalue weighted by atomic mass is 10.0. The molecule has 0 bridgehead atoms. The van der Waals surface area contributed by atoms with E-state index in [0.29, 0.717) is 17.9 Å². The van der Waals surface area contributed by atoms with Gasteiger partial charge < -0.3 is 16.2 Å². The number of phenolic OH excluding ortho intramolecular Hbond substituents is 1. The normalized spacial score (nSPS) is 12.1. The number of nitrogens with zero attached hydrogens (tertiary/aromatic N) is 2. The largest absolute Gasteiger partial charge is 0.507 e. The molecule has 4 rings (SSSR count). The van der Waals surface area contributed by atoms with Gasteiger partial charge in [0.15, 0.2) is 5.82 Å². The van der Waals surface area contributed by atoms with Gasteiger partial charge in [-0.15, -0.1) is 11.8 Å². The van der Waals surface area contributed by atoms with Crippen LogP contribution in [0.15, 0.2) is 71.6 Å². The minimum absolute atomic E-state index is 0.0400. The molecule has 1 atom stereocenters. The number of hydrogen-bond acceptors (Lipinski definition) is 6. The molecule has 3 aromatic carbocycles. The molecule has 0 amide bonds. The van der Waals surface area contributed by atoms with Crippen LogP contribution in [0.3, 0.4) is 0 Å². The summed E-state index contributed by atoms with van der Waals surface area (Å²) in [7, 11) is 0. The Balaban J connectivity index is 1.78. The van der Waals surface area contributed by atoms with Crippen molar-refractivity contribution in [3.63, 3.8) is 0 Å². The van der Waals surface area contributed by atoms with Gasteiger partial charge in [-0.2, -0.15) is 0 Å². The van der Waals surface area contributed by atoms with Crippen molar-refractivity contribution in [1.82, 2.24) is 9.97 Å². The molecule has 1 unspecified atom stereocenters. The standard InChI is InChI=1S/C25H26N4OS/c1-3-18(26)15-27-24-20-6-4-5-7-22(20)28-25(29-24)21-14-17(10-13-23(21)30)16-8-11-19(31-2)12-9-16/h4-14,18,30H,3,15,26H2,1-2H3,(H,27,28,29). The van der Waals surface area contributed by atoms with E-state index in [1.165, 1.54) is 4.90 Å². The lowest BCUT2D eigenvalue weighted by molar-refractivity contribution is 0.477. The van der Waals surface area contributed by atoms with Gasteiger partial charge in [0.05, 0.1) is 11.1 Å². The molecule has 4 N–H and O–H groups in total. The highest BCUT2D eigenvalue weighted by molar-refractivity contribution is 7.98. The van der Waals surface area contributed by atoms with Gasteiger partial charge in [-0.1, -0.05) is 37.3 Å². The van der Waals surface area contributed by atoms with Crippen LogP contribution in [-0.2, 0) is 0 Å². The molecule has 0 spiro atoms. The first-order chi connectivity index (χ1) is 15.1. The van der Waals surface area contributed by atoms with E-state index in [2.05, 4.69) is 42.8 Å². The van der Waals surface area contributed by atoms with Crippen LogP contribution >= 0.6 is 11.8 Å². The second-order valence-corrected chi connectivity index (χ2v) is 8.30. The number of anilines is 1. The lowest BCUT2D eigenvalue weighted by Gasteiger charge is -2.14. The number of fused-ring (bicyclic) bond motifs is 1. The fourth-order valence-corrected chi connectivity index (χ4v) is 3.79. The molecule has 6 heteroatoms. The molecule has 1 aromatic heterocycles. The van der Waals surface area contributed by atoms with E-state index in [4.69, 9.17) is 15.7 Å². The molecule has 0 aliphatic heterocycles. The fraction of sp³-hybridized carbons (Fsp3) is 0.200. The third kappa shape index (κ3) is 4.65. The molecule has 0 fully saturated rings. The summed E-state index contributed by atoms with van der Waals surface area (Å²) in [4.78, 5) is 10.7. The van der Waals surface area contributed by atoms with Gasteiger partial charge in [-0.25, -0.2) is 9.97 Å². The molecule has 0 saturated carbocycles. The predicted molar refractivity (Wildman–Crippen MR) is 131 cm³/mol. The first kappa shape index (κ1) is 21.2. The number of para-hydroxylation sites is 1. The Labute approximate surface area is 186 Å². The topological polar surface area (TPSA) is 84.1 Å². The molecule has 0 radical (unpaired) electrons. The van der Waals surface area contributed by atoms with Crippen molar-refractivity contribution in [3.8, 4) is 28.3 Å². The van der Waals surface area contributed by atoms with Crippen molar-refractivity contribution in [2.75, 3.05) is 18.1 Å². The molecular weight excluding hydrogens is 404 g/mol. The van der Waals surface area contributed by atoms with Crippen LogP contribution in [0.1, 0.15) is 13.3 Å². The number of thioether (sulfide) groups is 1. The molecule has 5 nitrogen and oxygen atoms in total. The smallest absolute Gasteiger partial charge is 0.165 e. The SMILES string of the molecule is CCC(N)CNc1nc(-c2cc(-c3ccc(SC)cc3)ccc2O)nc2ccccc12. The van der Waals surface area contributed by atoms with Crippen LogP contribution < -0.4 is 11.1 Å². The van der Waals surface area contributed by atoms with E-state index in [1.807, 2.05) is 36.4 Å². The predicted octanol–water partition coefficient (Wildman–Crippen LogP) is 5.54. The summed E-state index contributed by atoms with van der Waals surface area (Å²) in [6.45, 7) is 2.68. The van der Waals surface area contributed by atoms with Crippen LogP contribution in [0.4, 0.5) is 5.82 Å². The summed E-state index contributed by atoms with van der Waals surface area (Å²) in [5.41, 5.74) is 9.58. The van der Waals surface area contributed by atoms with Gasteiger partial charge in [0.25, 0.3) is 0 Å². The molecule has 1 heterocycles. The maximum Gasteiger partial charge on any atom is 0.165 e. The van der Waals surface area contributed by atoms with Gasteiger partial charge in [0.2, 0.25) is 0 Å². The van der Waals surface area contributed by atoms with E-state index in [9.17, 15) is 5.11 Å².